The lowest BCUT2D eigenvalue weighted by atomic mass is 9.90. The molecule has 0 aliphatic carbocycles. The Bertz CT molecular complexity index is 871. The fourth-order valence-corrected chi connectivity index (χ4v) is 3.23. The predicted molar refractivity (Wildman–Crippen MR) is 105 cm³/mol. The molecule has 0 aromatic heterocycles. The van der Waals surface area contributed by atoms with E-state index in [-0.39, 0.29) is 17.9 Å². The van der Waals surface area contributed by atoms with Crippen molar-refractivity contribution in [2.45, 2.75) is 58.9 Å². The van der Waals surface area contributed by atoms with Gasteiger partial charge in [0, 0.05) is 32.8 Å². The van der Waals surface area contributed by atoms with Crippen LogP contribution in [0.15, 0.2) is 18.2 Å². The molecule has 1 aliphatic rings. The summed E-state index contributed by atoms with van der Waals surface area (Å²) < 4.78 is 27.2. The lowest BCUT2D eigenvalue weighted by Crippen LogP contribution is -2.59. The van der Waals surface area contributed by atoms with E-state index in [1.165, 1.54) is 26.0 Å². The summed E-state index contributed by atoms with van der Waals surface area (Å²) in [6, 6.07) is 3.80. The molecule has 1 aliphatic heterocycles. The average molecular weight is 455 g/mol. The van der Waals surface area contributed by atoms with Gasteiger partial charge in [0.1, 0.15) is 18.8 Å². The maximum atomic E-state index is 11.7. The van der Waals surface area contributed by atoms with Crippen molar-refractivity contribution in [2.24, 2.45) is 5.92 Å². The molecule has 12 heteroatoms. The van der Waals surface area contributed by atoms with E-state index < -0.39 is 65.6 Å². The molecular weight excluding hydrogens is 430 g/mol. The van der Waals surface area contributed by atoms with Crippen molar-refractivity contribution in [2.75, 3.05) is 6.61 Å². The number of benzene rings is 1. The van der Waals surface area contributed by atoms with Crippen molar-refractivity contribution < 1.29 is 48.1 Å². The highest BCUT2D eigenvalue weighted by atomic mass is 16.7. The smallest absolute Gasteiger partial charge is 0.311 e. The van der Waals surface area contributed by atoms with Crippen molar-refractivity contribution >= 4 is 23.6 Å². The number of carbonyl (C=O) groups is 3. The van der Waals surface area contributed by atoms with E-state index in [4.69, 9.17) is 23.7 Å². The minimum absolute atomic E-state index is 0.216. The van der Waals surface area contributed by atoms with Crippen LogP contribution in [0.4, 0.5) is 5.69 Å². The number of nitro benzene ring substituents is 1. The van der Waals surface area contributed by atoms with Gasteiger partial charge in [0.05, 0.1) is 11.5 Å². The molecule has 1 aromatic rings. The number of carbonyl (C=O) groups excluding carboxylic acids is 3. The Hall–Kier alpha value is -3.25. The van der Waals surface area contributed by atoms with Crippen LogP contribution in [-0.4, -0.2) is 59.1 Å². The maximum Gasteiger partial charge on any atom is 0.311 e. The second-order valence-corrected chi connectivity index (χ2v) is 7.19. The lowest BCUT2D eigenvalue weighted by molar-refractivity contribution is -0.387. The van der Waals surface area contributed by atoms with Gasteiger partial charge in [0.2, 0.25) is 12.4 Å². The van der Waals surface area contributed by atoms with Crippen LogP contribution in [0.3, 0.4) is 0 Å². The number of rotatable bonds is 8. The summed E-state index contributed by atoms with van der Waals surface area (Å²) in [5, 5.41) is 20.7. The van der Waals surface area contributed by atoms with Gasteiger partial charge in [-0.15, -0.1) is 0 Å². The van der Waals surface area contributed by atoms with Gasteiger partial charge in [0.25, 0.3) is 0 Å². The zero-order valence-electron chi connectivity index (χ0n) is 18.0. The molecular formula is C20H25NO11. The minimum atomic E-state index is -1.43. The normalized spacial score (nSPS) is 24.8. The van der Waals surface area contributed by atoms with Crippen molar-refractivity contribution in [3.8, 4) is 5.75 Å². The number of hydrogen-bond acceptors (Lipinski definition) is 11. The Morgan fingerprint density at radius 1 is 1.09 bits per heavy atom. The third kappa shape index (κ3) is 6.37. The summed E-state index contributed by atoms with van der Waals surface area (Å²) in [5.74, 6) is -2.77. The van der Waals surface area contributed by atoms with Crippen molar-refractivity contribution in [3.05, 3.63) is 33.9 Å². The molecule has 0 spiro atoms. The summed E-state index contributed by atoms with van der Waals surface area (Å²) >= 11 is 0. The first-order valence-corrected chi connectivity index (χ1v) is 9.71. The Kier molecular flexibility index (Phi) is 8.49. The molecule has 1 aromatic carbocycles. The number of aliphatic hydroxyl groups is 1. The Morgan fingerprint density at radius 3 is 2.25 bits per heavy atom. The molecule has 12 nitrogen and oxygen atoms in total. The van der Waals surface area contributed by atoms with E-state index in [1.807, 2.05) is 0 Å². The molecule has 0 bridgehead atoms. The Morgan fingerprint density at radius 2 is 1.72 bits per heavy atom. The maximum absolute atomic E-state index is 11.7. The molecule has 0 saturated carbocycles. The van der Waals surface area contributed by atoms with Crippen LogP contribution in [0, 0.1) is 16.0 Å². The van der Waals surface area contributed by atoms with Crippen LogP contribution in [0.5, 0.6) is 5.75 Å². The summed E-state index contributed by atoms with van der Waals surface area (Å²) in [7, 11) is 0. The highest BCUT2D eigenvalue weighted by molar-refractivity contribution is 5.67. The highest BCUT2D eigenvalue weighted by Crippen LogP contribution is 2.35. The fourth-order valence-electron chi connectivity index (χ4n) is 3.23. The number of aliphatic hydroxyl groups excluding tert-OH is 1. The van der Waals surface area contributed by atoms with E-state index >= 15 is 0 Å². The summed E-state index contributed by atoms with van der Waals surface area (Å²) in [6.07, 6.45) is -4.59. The van der Waals surface area contributed by atoms with E-state index in [0.717, 1.165) is 13.0 Å². The van der Waals surface area contributed by atoms with Crippen LogP contribution in [0.1, 0.15) is 33.3 Å². The zero-order chi connectivity index (χ0) is 24.0. The van der Waals surface area contributed by atoms with Gasteiger partial charge < -0.3 is 28.8 Å². The van der Waals surface area contributed by atoms with Gasteiger partial charge in [0.15, 0.2) is 5.75 Å². The van der Waals surface area contributed by atoms with Gasteiger partial charge in [-0.1, -0.05) is 13.0 Å². The van der Waals surface area contributed by atoms with Crippen molar-refractivity contribution in [3.63, 3.8) is 0 Å². The third-order valence-electron chi connectivity index (χ3n) is 4.71. The monoisotopic (exact) mass is 455 g/mol. The molecule has 5 atom stereocenters. The molecule has 1 heterocycles. The van der Waals surface area contributed by atoms with Crippen molar-refractivity contribution in [1.82, 2.24) is 0 Å². The van der Waals surface area contributed by atoms with Gasteiger partial charge in [-0.3, -0.25) is 24.5 Å². The van der Waals surface area contributed by atoms with Gasteiger partial charge in [-0.25, -0.2) is 0 Å². The Labute approximate surface area is 183 Å². The fraction of sp³-hybridized carbons (Fsp3) is 0.550. The standard InChI is InChI=1S/C20H25NO11/c1-10-17(9-28-11(2)23)32-20(19(30-13(4)25)18(10)29-12(3)24)31-16-6-5-14(8-22)7-15(16)21(26)27/h5-7,10,17-20,22H,8-9H2,1-4H3/t10-,17-,18+,19+,20+/m1/s1. The van der Waals surface area contributed by atoms with E-state index in [9.17, 15) is 29.6 Å². The van der Waals surface area contributed by atoms with Crippen LogP contribution in [0.25, 0.3) is 0 Å². The molecule has 2 rings (SSSR count). The quantitative estimate of drug-likeness (QED) is 0.260. The van der Waals surface area contributed by atoms with Gasteiger partial charge in [-0.05, 0) is 11.6 Å². The molecule has 1 N–H and O–H groups in total. The van der Waals surface area contributed by atoms with Gasteiger partial charge >= 0.3 is 23.6 Å². The molecule has 1 fully saturated rings. The molecule has 0 amide bonds. The second-order valence-electron chi connectivity index (χ2n) is 7.19. The number of nitro groups is 1. The molecule has 0 radical (unpaired) electrons. The summed E-state index contributed by atoms with van der Waals surface area (Å²) in [4.78, 5) is 45.5. The molecule has 0 unspecified atom stereocenters. The zero-order valence-corrected chi connectivity index (χ0v) is 18.0. The minimum Gasteiger partial charge on any atom is -0.463 e. The number of hydrogen-bond donors (Lipinski definition) is 1. The summed E-state index contributed by atoms with van der Waals surface area (Å²) in [5.41, 5.74) is -0.176. The first-order chi connectivity index (χ1) is 15.0. The van der Waals surface area contributed by atoms with Crippen LogP contribution < -0.4 is 4.74 Å². The number of nitrogens with zero attached hydrogens (tertiary/aromatic N) is 1. The first kappa shape index (κ1) is 25.0. The largest absolute Gasteiger partial charge is 0.463 e. The van der Waals surface area contributed by atoms with Gasteiger partial charge in [-0.2, -0.15) is 0 Å². The SMILES string of the molecule is CC(=O)OC[C@H]1O[C@H](Oc2ccc(CO)cc2[N+](=O)[O-])[C@@H](OC(C)=O)[C@@H](OC(C)=O)[C@@H]1C. The van der Waals surface area contributed by atoms with E-state index in [2.05, 4.69) is 0 Å². The van der Waals surface area contributed by atoms with Crippen LogP contribution in [0.2, 0.25) is 0 Å². The molecule has 1 saturated heterocycles. The van der Waals surface area contributed by atoms with Crippen LogP contribution >= 0.6 is 0 Å². The first-order valence-electron chi connectivity index (χ1n) is 9.71. The number of esters is 3. The van der Waals surface area contributed by atoms with E-state index in [0.29, 0.717) is 0 Å². The average Bonchev–Trinajstić information content (AvgIpc) is 2.70. The molecule has 32 heavy (non-hydrogen) atoms. The van der Waals surface area contributed by atoms with E-state index in [1.54, 1.807) is 6.92 Å². The predicted octanol–water partition coefficient (Wildman–Crippen LogP) is 1.25. The Balaban J connectivity index is 2.44. The topological polar surface area (TPSA) is 161 Å². The number of ether oxygens (including phenoxy) is 5. The third-order valence-corrected chi connectivity index (χ3v) is 4.71. The van der Waals surface area contributed by atoms with Crippen LogP contribution in [-0.2, 0) is 39.9 Å². The molecule has 176 valence electrons. The van der Waals surface area contributed by atoms with Crippen molar-refractivity contribution in [1.29, 1.82) is 0 Å². The summed E-state index contributed by atoms with van der Waals surface area (Å²) in [6.45, 7) is 4.52. The second kappa shape index (κ2) is 10.9. The lowest BCUT2D eigenvalue weighted by Gasteiger charge is -2.43. The highest BCUT2D eigenvalue weighted by Gasteiger charge is 2.50.